The number of para-hydroxylation sites is 1. The van der Waals surface area contributed by atoms with Crippen molar-refractivity contribution in [1.82, 2.24) is 0 Å². The molecule has 9 rings (SSSR count). The summed E-state index contributed by atoms with van der Waals surface area (Å²) in [7, 11) is 0. The molecule has 0 unspecified atom stereocenters. The summed E-state index contributed by atoms with van der Waals surface area (Å²) in [6, 6.07) is 72.2. The van der Waals surface area contributed by atoms with E-state index in [1.165, 1.54) is 65.7 Å². The smallest absolute Gasteiger partial charge is 0.0462 e. The highest BCUT2D eigenvalue weighted by Gasteiger charge is 2.15. The maximum absolute atomic E-state index is 2.34. The molecule has 0 N–H and O–H groups in total. The monoisotopic (exact) mass is 623 g/mol. The molecule has 1 heteroatoms. The molecule has 0 heterocycles. The minimum absolute atomic E-state index is 1.12. The van der Waals surface area contributed by atoms with Crippen LogP contribution in [0.15, 0.2) is 200 Å². The van der Waals surface area contributed by atoms with E-state index in [4.69, 9.17) is 0 Å². The molecule has 0 saturated heterocycles. The van der Waals surface area contributed by atoms with E-state index < -0.39 is 0 Å². The SMILES string of the molecule is c1ccc(-c2ccc(N(c3ccccc3)c3ccc(-c4cccc(-c5cccc6c7ccccc7c7ccccc7c56)c4)cc3)cc2)cc1. The highest BCUT2D eigenvalue weighted by Crippen LogP contribution is 2.41. The molecule has 230 valence electrons. The average molecular weight is 624 g/mol. The van der Waals surface area contributed by atoms with Crippen LogP contribution in [0.1, 0.15) is 0 Å². The van der Waals surface area contributed by atoms with Gasteiger partial charge in [0.2, 0.25) is 0 Å². The number of hydrogen-bond donors (Lipinski definition) is 0. The lowest BCUT2D eigenvalue weighted by atomic mass is 9.89. The van der Waals surface area contributed by atoms with Crippen LogP contribution in [0.2, 0.25) is 0 Å². The van der Waals surface area contributed by atoms with Crippen LogP contribution in [0, 0.1) is 0 Å². The second-order valence-corrected chi connectivity index (χ2v) is 12.5. The molecule has 9 aromatic rings. The Morgan fingerprint density at radius 1 is 0.245 bits per heavy atom. The summed E-state index contributed by atoms with van der Waals surface area (Å²) >= 11 is 0. The molecule has 0 aromatic heterocycles. The number of fused-ring (bicyclic) bond motifs is 6. The molecule has 1 nitrogen and oxygen atoms in total. The lowest BCUT2D eigenvalue weighted by Crippen LogP contribution is -2.09. The van der Waals surface area contributed by atoms with Crippen molar-refractivity contribution >= 4 is 49.4 Å². The molecular formula is C48H33N. The minimum atomic E-state index is 1.12. The van der Waals surface area contributed by atoms with Crippen LogP contribution in [-0.2, 0) is 0 Å². The third kappa shape index (κ3) is 5.23. The van der Waals surface area contributed by atoms with Crippen LogP contribution in [0.4, 0.5) is 17.1 Å². The fourth-order valence-corrected chi connectivity index (χ4v) is 7.32. The number of hydrogen-bond acceptors (Lipinski definition) is 1. The van der Waals surface area contributed by atoms with Gasteiger partial charge in [0.05, 0.1) is 0 Å². The largest absolute Gasteiger partial charge is 0.311 e. The Balaban J connectivity index is 1.11. The van der Waals surface area contributed by atoms with Gasteiger partial charge in [0.1, 0.15) is 0 Å². The molecular weight excluding hydrogens is 591 g/mol. The first-order chi connectivity index (χ1) is 24.3. The van der Waals surface area contributed by atoms with Crippen molar-refractivity contribution in [3.63, 3.8) is 0 Å². The van der Waals surface area contributed by atoms with Crippen LogP contribution >= 0.6 is 0 Å². The Kier molecular flexibility index (Phi) is 7.22. The van der Waals surface area contributed by atoms with Gasteiger partial charge in [0.15, 0.2) is 0 Å². The normalized spacial score (nSPS) is 11.3. The van der Waals surface area contributed by atoms with E-state index in [2.05, 4.69) is 205 Å². The van der Waals surface area contributed by atoms with Gasteiger partial charge in [-0.2, -0.15) is 0 Å². The predicted molar refractivity (Wildman–Crippen MR) is 210 cm³/mol. The zero-order valence-electron chi connectivity index (χ0n) is 27.0. The summed E-state index contributed by atoms with van der Waals surface area (Å²) in [5, 5.41) is 7.78. The number of nitrogens with zero attached hydrogens (tertiary/aromatic N) is 1. The molecule has 0 spiro atoms. The van der Waals surface area contributed by atoms with Crippen molar-refractivity contribution in [3.05, 3.63) is 200 Å². The van der Waals surface area contributed by atoms with Crippen molar-refractivity contribution in [3.8, 4) is 33.4 Å². The standard InChI is InChI=1S/C48H33N/c1-3-13-34(14-4-1)35-25-29-40(30-26-35)49(39-17-5-2-6-18-39)41-31-27-36(28-32-41)37-15-11-16-38(33-37)42-23-12-24-47-45-20-8-7-19-43(45)44-21-9-10-22-46(44)48(42)47/h1-33H. The Hall–Kier alpha value is -6.44. The van der Waals surface area contributed by atoms with E-state index >= 15 is 0 Å². The van der Waals surface area contributed by atoms with Gasteiger partial charge in [-0.3, -0.25) is 0 Å². The Morgan fingerprint density at radius 3 is 1.24 bits per heavy atom. The van der Waals surface area contributed by atoms with Gasteiger partial charge in [0.25, 0.3) is 0 Å². The third-order valence-electron chi connectivity index (χ3n) is 9.65. The lowest BCUT2D eigenvalue weighted by Gasteiger charge is -2.26. The summed E-state index contributed by atoms with van der Waals surface area (Å²) in [5.74, 6) is 0. The number of anilines is 3. The molecule has 0 bridgehead atoms. The van der Waals surface area contributed by atoms with E-state index in [1.54, 1.807) is 0 Å². The summed E-state index contributed by atoms with van der Waals surface area (Å²) in [5.41, 5.74) is 10.7. The maximum Gasteiger partial charge on any atom is 0.0462 e. The second-order valence-electron chi connectivity index (χ2n) is 12.5. The lowest BCUT2D eigenvalue weighted by molar-refractivity contribution is 1.28. The van der Waals surface area contributed by atoms with Gasteiger partial charge in [0, 0.05) is 17.1 Å². The van der Waals surface area contributed by atoms with Crippen LogP contribution in [0.5, 0.6) is 0 Å². The molecule has 0 aliphatic heterocycles. The fraction of sp³-hybridized carbons (Fsp3) is 0. The molecule has 0 fully saturated rings. The predicted octanol–water partition coefficient (Wildman–Crippen LogP) is 13.6. The zero-order valence-corrected chi connectivity index (χ0v) is 27.0. The van der Waals surface area contributed by atoms with Gasteiger partial charge >= 0.3 is 0 Å². The molecule has 0 atom stereocenters. The Bertz CT molecular complexity index is 2520. The van der Waals surface area contributed by atoms with Gasteiger partial charge in [-0.1, -0.05) is 158 Å². The Morgan fingerprint density at radius 2 is 0.633 bits per heavy atom. The maximum atomic E-state index is 2.34. The van der Waals surface area contributed by atoms with Crippen molar-refractivity contribution in [2.24, 2.45) is 0 Å². The topological polar surface area (TPSA) is 3.24 Å². The molecule has 0 aliphatic carbocycles. The quantitative estimate of drug-likeness (QED) is 0.167. The first-order valence-electron chi connectivity index (χ1n) is 16.9. The van der Waals surface area contributed by atoms with Gasteiger partial charge in [-0.15, -0.1) is 0 Å². The molecule has 0 amide bonds. The van der Waals surface area contributed by atoms with Crippen molar-refractivity contribution in [2.75, 3.05) is 4.90 Å². The highest BCUT2D eigenvalue weighted by atomic mass is 15.1. The Labute approximate surface area is 287 Å². The summed E-state index contributed by atoms with van der Waals surface area (Å²) in [6.07, 6.45) is 0. The van der Waals surface area contributed by atoms with Crippen molar-refractivity contribution in [1.29, 1.82) is 0 Å². The fourth-order valence-electron chi connectivity index (χ4n) is 7.32. The molecule has 0 radical (unpaired) electrons. The number of rotatable bonds is 6. The second kappa shape index (κ2) is 12.3. The summed E-state index contributed by atoms with van der Waals surface area (Å²) in [6.45, 7) is 0. The summed E-state index contributed by atoms with van der Waals surface area (Å²) < 4.78 is 0. The molecule has 9 aromatic carbocycles. The summed E-state index contributed by atoms with van der Waals surface area (Å²) in [4.78, 5) is 2.32. The van der Waals surface area contributed by atoms with Gasteiger partial charge < -0.3 is 4.90 Å². The van der Waals surface area contributed by atoms with Gasteiger partial charge in [-0.25, -0.2) is 0 Å². The van der Waals surface area contributed by atoms with Crippen LogP contribution < -0.4 is 4.90 Å². The van der Waals surface area contributed by atoms with E-state index in [1.807, 2.05) is 0 Å². The molecule has 0 aliphatic rings. The van der Waals surface area contributed by atoms with Crippen LogP contribution in [-0.4, -0.2) is 0 Å². The number of benzene rings is 9. The van der Waals surface area contributed by atoms with Crippen molar-refractivity contribution in [2.45, 2.75) is 0 Å². The average Bonchev–Trinajstić information content (AvgIpc) is 3.19. The van der Waals surface area contributed by atoms with Crippen molar-refractivity contribution < 1.29 is 0 Å². The highest BCUT2D eigenvalue weighted by molar-refractivity contribution is 6.28. The minimum Gasteiger partial charge on any atom is -0.311 e. The van der Waals surface area contributed by atoms with E-state index in [0.717, 1.165) is 17.1 Å². The zero-order chi connectivity index (χ0) is 32.6. The van der Waals surface area contributed by atoms with Gasteiger partial charge in [-0.05, 0) is 108 Å². The first-order valence-corrected chi connectivity index (χ1v) is 16.9. The molecule has 49 heavy (non-hydrogen) atoms. The van der Waals surface area contributed by atoms with E-state index in [-0.39, 0.29) is 0 Å². The van der Waals surface area contributed by atoms with E-state index in [9.17, 15) is 0 Å². The third-order valence-corrected chi connectivity index (χ3v) is 9.65. The van der Waals surface area contributed by atoms with E-state index in [0.29, 0.717) is 0 Å². The van der Waals surface area contributed by atoms with Crippen LogP contribution in [0.25, 0.3) is 65.7 Å². The molecule has 0 saturated carbocycles. The van der Waals surface area contributed by atoms with Crippen LogP contribution in [0.3, 0.4) is 0 Å². The first kappa shape index (κ1) is 28.8.